The molecule has 0 saturated carbocycles. The van der Waals surface area contributed by atoms with Gasteiger partial charge in [0.1, 0.15) is 5.75 Å². The molecule has 0 atom stereocenters. The summed E-state index contributed by atoms with van der Waals surface area (Å²) in [7, 11) is 1.40. The Hall–Kier alpha value is -2.37. The highest BCUT2D eigenvalue weighted by Crippen LogP contribution is 2.31. The Morgan fingerprint density at radius 3 is 2.83 bits per heavy atom. The molecule has 0 N–H and O–H groups in total. The summed E-state index contributed by atoms with van der Waals surface area (Å²) in [5.74, 6) is -0.300. The number of rotatable bonds is 6. The maximum atomic E-state index is 11.4. The second kappa shape index (κ2) is 6.39. The Bertz CT molecular complexity index is 470. The van der Waals surface area contributed by atoms with Crippen molar-refractivity contribution < 1.29 is 19.2 Å². The van der Waals surface area contributed by atoms with Crippen LogP contribution in [0, 0.1) is 10.1 Å². The molecule has 0 aliphatic rings. The fourth-order valence-corrected chi connectivity index (χ4v) is 1.25. The molecular weight excluding hydrogens is 238 g/mol. The van der Waals surface area contributed by atoms with Crippen LogP contribution in [-0.4, -0.2) is 18.0 Å². The third-order valence-corrected chi connectivity index (χ3v) is 2.14. The monoisotopic (exact) mass is 251 g/mol. The zero-order chi connectivity index (χ0) is 13.5. The normalized spacial score (nSPS) is 9.61. The van der Waals surface area contributed by atoms with Gasteiger partial charge < -0.3 is 9.47 Å². The summed E-state index contributed by atoms with van der Waals surface area (Å²) < 4.78 is 9.80. The summed E-state index contributed by atoms with van der Waals surface area (Å²) in [4.78, 5) is 21.6. The Labute approximate surface area is 104 Å². The number of carbonyl (C=O) groups excluding carboxylic acids is 1. The summed E-state index contributed by atoms with van der Waals surface area (Å²) in [5, 5.41) is 10.8. The van der Waals surface area contributed by atoms with Crippen molar-refractivity contribution in [2.45, 2.75) is 12.8 Å². The average Bonchev–Trinajstić information content (AvgIpc) is 2.36. The van der Waals surface area contributed by atoms with Crippen molar-refractivity contribution in [1.82, 2.24) is 0 Å². The van der Waals surface area contributed by atoms with Gasteiger partial charge in [0, 0.05) is 6.42 Å². The predicted molar refractivity (Wildman–Crippen MR) is 64.7 cm³/mol. The van der Waals surface area contributed by atoms with E-state index in [9.17, 15) is 14.9 Å². The van der Waals surface area contributed by atoms with Crippen molar-refractivity contribution >= 4 is 11.7 Å². The van der Waals surface area contributed by atoms with Crippen LogP contribution in [0.25, 0.3) is 0 Å². The van der Waals surface area contributed by atoms with Gasteiger partial charge in [0.05, 0.1) is 18.1 Å². The number of ether oxygens (including phenoxy) is 2. The highest BCUT2D eigenvalue weighted by molar-refractivity contribution is 5.74. The van der Waals surface area contributed by atoms with Crippen molar-refractivity contribution in [3.8, 4) is 11.5 Å². The highest BCUT2D eigenvalue weighted by atomic mass is 16.6. The van der Waals surface area contributed by atoms with Crippen LogP contribution in [0.15, 0.2) is 30.9 Å². The fourth-order valence-electron chi connectivity index (χ4n) is 1.25. The molecule has 1 aromatic rings. The first-order valence-corrected chi connectivity index (χ1v) is 5.22. The molecule has 18 heavy (non-hydrogen) atoms. The molecule has 0 unspecified atom stereocenters. The van der Waals surface area contributed by atoms with Crippen molar-refractivity contribution in [3.05, 3.63) is 41.0 Å². The number of hydrogen-bond donors (Lipinski definition) is 0. The molecule has 1 aromatic carbocycles. The molecular formula is C12H13NO5. The lowest BCUT2D eigenvalue weighted by Gasteiger charge is -2.05. The topological polar surface area (TPSA) is 78.7 Å². The van der Waals surface area contributed by atoms with Gasteiger partial charge in [-0.15, -0.1) is 6.58 Å². The lowest BCUT2D eigenvalue weighted by atomic mass is 10.2. The standard InChI is InChI=1S/C12H13NO5/c1-3-4-5-12(14)18-11-7-6-9(17-2)8-10(11)13(15)16/h3,6-8H,1,4-5H2,2H3. The summed E-state index contributed by atoms with van der Waals surface area (Å²) >= 11 is 0. The van der Waals surface area contributed by atoms with Crippen LogP contribution >= 0.6 is 0 Å². The van der Waals surface area contributed by atoms with E-state index in [1.807, 2.05) is 0 Å². The first-order valence-electron chi connectivity index (χ1n) is 5.22. The van der Waals surface area contributed by atoms with Crippen LogP contribution in [0.4, 0.5) is 5.69 Å². The van der Waals surface area contributed by atoms with E-state index in [-0.39, 0.29) is 17.9 Å². The number of nitro groups is 1. The quantitative estimate of drug-likeness (QED) is 0.255. The van der Waals surface area contributed by atoms with Crippen LogP contribution in [0.3, 0.4) is 0 Å². The number of carbonyl (C=O) groups is 1. The van der Waals surface area contributed by atoms with E-state index in [0.29, 0.717) is 12.2 Å². The SMILES string of the molecule is C=CCCC(=O)Oc1ccc(OC)cc1[N+](=O)[O-]. The minimum absolute atomic E-state index is 0.0881. The van der Waals surface area contributed by atoms with E-state index in [2.05, 4.69) is 6.58 Å². The van der Waals surface area contributed by atoms with Gasteiger partial charge in [-0.1, -0.05) is 6.08 Å². The minimum atomic E-state index is -0.626. The molecule has 96 valence electrons. The van der Waals surface area contributed by atoms with Gasteiger partial charge in [-0.05, 0) is 18.6 Å². The minimum Gasteiger partial charge on any atom is -0.496 e. The second-order valence-electron chi connectivity index (χ2n) is 3.39. The molecule has 0 spiro atoms. The molecule has 0 radical (unpaired) electrons. The predicted octanol–water partition coefficient (Wildman–Crippen LogP) is 2.48. The third-order valence-electron chi connectivity index (χ3n) is 2.14. The molecule has 0 fully saturated rings. The maximum absolute atomic E-state index is 11.4. The Morgan fingerprint density at radius 1 is 1.56 bits per heavy atom. The number of nitro benzene ring substituents is 1. The molecule has 6 heteroatoms. The fraction of sp³-hybridized carbons (Fsp3) is 0.250. The number of hydrogen-bond acceptors (Lipinski definition) is 5. The van der Waals surface area contributed by atoms with Crippen molar-refractivity contribution in [3.63, 3.8) is 0 Å². The number of benzene rings is 1. The van der Waals surface area contributed by atoms with Crippen LogP contribution in [-0.2, 0) is 4.79 Å². The van der Waals surface area contributed by atoms with Crippen molar-refractivity contribution in [2.24, 2.45) is 0 Å². The number of nitrogens with zero attached hydrogens (tertiary/aromatic N) is 1. The van der Waals surface area contributed by atoms with E-state index in [1.54, 1.807) is 6.08 Å². The molecule has 0 saturated heterocycles. The number of esters is 1. The van der Waals surface area contributed by atoms with Gasteiger partial charge >= 0.3 is 11.7 Å². The van der Waals surface area contributed by atoms with Crippen LogP contribution in [0.1, 0.15) is 12.8 Å². The summed E-state index contributed by atoms with van der Waals surface area (Å²) in [6.07, 6.45) is 2.17. The molecule has 0 amide bonds. The largest absolute Gasteiger partial charge is 0.496 e. The molecule has 0 bridgehead atoms. The van der Waals surface area contributed by atoms with Gasteiger partial charge in [0.25, 0.3) is 0 Å². The lowest BCUT2D eigenvalue weighted by molar-refractivity contribution is -0.385. The summed E-state index contributed by atoms with van der Waals surface area (Å²) in [6.45, 7) is 3.48. The Kier molecular flexibility index (Phi) is 4.86. The van der Waals surface area contributed by atoms with Crippen molar-refractivity contribution in [2.75, 3.05) is 7.11 Å². The van der Waals surface area contributed by atoms with Gasteiger partial charge in [-0.3, -0.25) is 14.9 Å². The summed E-state index contributed by atoms with van der Waals surface area (Å²) in [5.41, 5.74) is -0.304. The number of allylic oxidation sites excluding steroid dienone is 1. The van der Waals surface area contributed by atoms with Crippen LogP contribution < -0.4 is 9.47 Å². The first kappa shape index (κ1) is 13.7. The van der Waals surface area contributed by atoms with Crippen LogP contribution in [0.5, 0.6) is 11.5 Å². The molecule has 1 rings (SSSR count). The Balaban J connectivity index is 2.90. The molecule has 0 aliphatic carbocycles. The average molecular weight is 251 g/mol. The van der Waals surface area contributed by atoms with E-state index in [0.717, 1.165) is 0 Å². The molecule has 0 aromatic heterocycles. The van der Waals surface area contributed by atoms with Crippen LogP contribution in [0.2, 0.25) is 0 Å². The molecule has 6 nitrogen and oxygen atoms in total. The van der Waals surface area contributed by atoms with Gasteiger partial charge in [0.2, 0.25) is 5.75 Å². The van der Waals surface area contributed by atoms with E-state index in [4.69, 9.17) is 9.47 Å². The van der Waals surface area contributed by atoms with E-state index >= 15 is 0 Å². The van der Waals surface area contributed by atoms with E-state index < -0.39 is 10.9 Å². The smallest absolute Gasteiger partial charge is 0.315 e. The van der Waals surface area contributed by atoms with Gasteiger partial charge in [-0.2, -0.15) is 0 Å². The second-order valence-corrected chi connectivity index (χ2v) is 3.39. The zero-order valence-corrected chi connectivity index (χ0v) is 9.92. The Morgan fingerprint density at radius 2 is 2.28 bits per heavy atom. The zero-order valence-electron chi connectivity index (χ0n) is 9.92. The maximum Gasteiger partial charge on any atom is 0.315 e. The number of methoxy groups -OCH3 is 1. The highest BCUT2D eigenvalue weighted by Gasteiger charge is 2.18. The van der Waals surface area contributed by atoms with Gasteiger partial charge in [-0.25, -0.2) is 0 Å². The van der Waals surface area contributed by atoms with E-state index in [1.165, 1.54) is 25.3 Å². The lowest BCUT2D eigenvalue weighted by Crippen LogP contribution is -2.08. The molecule has 0 heterocycles. The van der Waals surface area contributed by atoms with Gasteiger partial charge in [0.15, 0.2) is 0 Å². The molecule has 0 aliphatic heterocycles. The van der Waals surface area contributed by atoms with Crippen molar-refractivity contribution in [1.29, 1.82) is 0 Å². The summed E-state index contributed by atoms with van der Waals surface area (Å²) in [6, 6.07) is 4.03. The first-order chi connectivity index (χ1) is 8.58. The third kappa shape index (κ3) is 3.58.